The maximum Gasteiger partial charge on any atom is 0.234 e. The Bertz CT molecular complexity index is 443. The molecule has 2 heterocycles. The average Bonchev–Trinajstić information content (AvgIpc) is 2.49. The Labute approximate surface area is 134 Å². The lowest BCUT2D eigenvalue weighted by Gasteiger charge is -2.35. The molecule has 0 saturated carbocycles. The Morgan fingerprint density at radius 1 is 1.33 bits per heavy atom. The van der Waals surface area contributed by atoms with E-state index in [9.17, 15) is 4.79 Å². The summed E-state index contributed by atoms with van der Waals surface area (Å²) >= 11 is 3.40. The van der Waals surface area contributed by atoms with Crippen LogP contribution in [0.2, 0.25) is 0 Å². The van der Waals surface area contributed by atoms with E-state index in [4.69, 9.17) is 0 Å². The summed E-state index contributed by atoms with van der Waals surface area (Å²) in [4.78, 5) is 20.7. The molecular weight excluding hydrogens is 332 g/mol. The van der Waals surface area contributed by atoms with Crippen LogP contribution in [0.25, 0.3) is 0 Å². The normalized spacial score (nSPS) is 16.0. The number of nitrogens with one attached hydrogen (secondary N) is 1. The molecule has 0 bridgehead atoms. The van der Waals surface area contributed by atoms with E-state index in [1.807, 2.05) is 18.3 Å². The number of aromatic nitrogens is 1. The summed E-state index contributed by atoms with van der Waals surface area (Å²) in [5.41, 5.74) is 0. The smallest absolute Gasteiger partial charge is 0.234 e. The zero-order valence-electron chi connectivity index (χ0n) is 12.5. The summed E-state index contributed by atoms with van der Waals surface area (Å²) in [5.74, 6) is 1.14. The number of amides is 1. The summed E-state index contributed by atoms with van der Waals surface area (Å²) in [7, 11) is 0. The standard InChI is InChI=1S/C15H23BrN4O/c1-2-3-6-17-15(21)12-19-7-9-20(10-8-19)14-5-4-13(16)11-18-14/h4-5,11H,2-3,6-10,12H2,1H3,(H,17,21). The van der Waals surface area contributed by atoms with Crippen LogP contribution < -0.4 is 10.2 Å². The number of rotatable bonds is 6. The number of unbranched alkanes of at least 4 members (excludes halogenated alkanes) is 1. The van der Waals surface area contributed by atoms with E-state index in [2.05, 4.69) is 43.0 Å². The van der Waals surface area contributed by atoms with Crippen LogP contribution in [0.3, 0.4) is 0 Å². The van der Waals surface area contributed by atoms with Crippen molar-refractivity contribution in [2.75, 3.05) is 44.2 Å². The van der Waals surface area contributed by atoms with Gasteiger partial charge in [-0.2, -0.15) is 0 Å². The number of nitrogens with zero attached hydrogens (tertiary/aromatic N) is 3. The third-order valence-electron chi connectivity index (χ3n) is 3.63. The first-order valence-electron chi connectivity index (χ1n) is 7.54. The highest BCUT2D eigenvalue weighted by atomic mass is 79.9. The van der Waals surface area contributed by atoms with Gasteiger partial charge in [0.25, 0.3) is 0 Å². The quantitative estimate of drug-likeness (QED) is 0.792. The highest BCUT2D eigenvalue weighted by Crippen LogP contribution is 2.16. The van der Waals surface area contributed by atoms with Gasteiger partial charge in [0, 0.05) is 43.4 Å². The van der Waals surface area contributed by atoms with Crippen molar-refractivity contribution in [2.45, 2.75) is 19.8 Å². The van der Waals surface area contributed by atoms with Gasteiger partial charge < -0.3 is 10.2 Å². The third kappa shape index (κ3) is 5.28. The van der Waals surface area contributed by atoms with Gasteiger partial charge in [-0.15, -0.1) is 0 Å². The number of piperazine rings is 1. The van der Waals surface area contributed by atoms with Gasteiger partial charge in [-0.05, 0) is 34.5 Å². The number of halogens is 1. The minimum atomic E-state index is 0.138. The molecule has 0 spiro atoms. The topological polar surface area (TPSA) is 48.5 Å². The van der Waals surface area contributed by atoms with E-state index in [1.54, 1.807) is 0 Å². The number of carbonyl (C=O) groups excluding carboxylic acids is 1. The predicted octanol–water partition coefficient (Wildman–Crippen LogP) is 1.88. The van der Waals surface area contributed by atoms with Crippen LogP contribution in [0, 0.1) is 0 Å². The number of carbonyl (C=O) groups is 1. The maximum absolute atomic E-state index is 11.8. The molecule has 6 heteroatoms. The largest absolute Gasteiger partial charge is 0.355 e. The first-order chi connectivity index (χ1) is 10.2. The molecule has 1 aromatic rings. The third-order valence-corrected chi connectivity index (χ3v) is 4.10. The molecule has 0 aromatic carbocycles. The fraction of sp³-hybridized carbons (Fsp3) is 0.600. The van der Waals surface area contributed by atoms with Gasteiger partial charge in [0.05, 0.1) is 6.54 Å². The van der Waals surface area contributed by atoms with Crippen LogP contribution in [0.1, 0.15) is 19.8 Å². The van der Waals surface area contributed by atoms with Crippen LogP contribution in [0.4, 0.5) is 5.82 Å². The second-order valence-corrected chi connectivity index (χ2v) is 6.22. The van der Waals surface area contributed by atoms with E-state index >= 15 is 0 Å². The Morgan fingerprint density at radius 2 is 2.10 bits per heavy atom. The summed E-state index contributed by atoms with van der Waals surface area (Å²) < 4.78 is 0.994. The van der Waals surface area contributed by atoms with E-state index < -0.39 is 0 Å². The van der Waals surface area contributed by atoms with Crippen molar-refractivity contribution >= 4 is 27.7 Å². The molecule has 2 rings (SSSR count). The molecule has 116 valence electrons. The molecule has 0 aliphatic carbocycles. The van der Waals surface area contributed by atoms with Gasteiger partial charge in [0.1, 0.15) is 5.82 Å². The van der Waals surface area contributed by atoms with Gasteiger partial charge in [-0.3, -0.25) is 9.69 Å². The van der Waals surface area contributed by atoms with Crippen molar-refractivity contribution < 1.29 is 4.79 Å². The molecule has 0 atom stereocenters. The van der Waals surface area contributed by atoms with Gasteiger partial charge in [-0.1, -0.05) is 13.3 Å². The average molecular weight is 355 g/mol. The lowest BCUT2D eigenvalue weighted by Crippen LogP contribution is -2.49. The van der Waals surface area contributed by atoms with E-state index in [-0.39, 0.29) is 5.91 Å². The predicted molar refractivity (Wildman–Crippen MR) is 88.5 cm³/mol. The van der Waals surface area contributed by atoms with Crippen LogP contribution >= 0.6 is 15.9 Å². The molecule has 1 amide bonds. The summed E-state index contributed by atoms with van der Waals surface area (Å²) in [6.07, 6.45) is 3.98. The van der Waals surface area contributed by atoms with Gasteiger partial charge >= 0.3 is 0 Å². The highest BCUT2D eigenvalue weighted by molar-refractivity contribution is 9.10. The van der Waals surface area contributed by atoms with Crippen molar-refractivity contribution in [3.8, 4) is 0 Å². The molecule has 1 saturated heterocycles. The molecule has 1 aromatic heterocycles. The molecule has 1 N–H and O–H groups in total. The number of hydrogen-bond acceptors (Lipinski definition) is 4. The molecule has 5 nitrogen and oxygen atoms in total. The lowest BCUT2D eigenvalue weighted by atomic mass is 10.3. The molecule has 1 aliphatic rings. The molecular formula is C15H23BrN4O. The van der Waals surface area contributed by atoms with Crippen molar-refractivity contribution in [1.29, 1.82) is 0 Å². The maximum atomic E-state index is 11.8. The van der Waals surface area contributed by atoms with E-state index in [0.29, 0.717) is 6.54 Å². The lowest BCUT2D eigenvalue weighted by molar-refractivity contribution is -0.122. The Balaban J connectivity index is 1.73. The van der Waals surface area contributed by atoms with E-state index in [0.717, 1.165) is 55.9 Å². The van der Waals surface area contributed by atoms with E-state index in [1.165, 1.54) is 0 Å². The summed E-state index contributed by atoms with van der Waals surface area (Å²) in [6, 6.07) is 4.03. The van der Waals surface area contributed by atoms with Crippen LogP contribution in [0.15, 0.2) is 22.8 Å². The number of anilines is 1. The first-order valence-corrected chi connectivity index (χ1v) is 8.34. The minimum absolute atomic E-state index is 0.138. The second kappa shape index (κ2) is 8.34. The molecule has 0 radical (unpaired) electrons. The Kier molecular flexibility index (Phi) is 6.45. The number of pyridine rings is 1. The zero-order valence-corrected chi connectivity index (χ0v) is 14.1. The van der Waals surface area contributed by atoms with Crippen molar-refractivity contribution in [3.05, 3.63) is 22.8 Å². The Morgan fingerprint density at radius 3 is 2.71 bits per heavy atom. The summed E-state index contributed by atoms with van der Waals surface area (Å²) in [6.45, 7) is 7.05. The molecule has 1 aliphatic heterocycles. The van der Waals surface area contributed by atoms with Crippen molar-refractivity contribution in [2.24, 2.45) is 0 Å². The Hall–Kier alpha value is -1.14. The van der Waals surface area contributed by atoms with Gasteiger partial charge in [-0.25, -0.2) is 4.98 Å². The first kappa shape index (κ1) is 16.2. The van der Waals surface area contributed by atoms with Gasteiger partial charge in [0.2, 0.25) is 5.91 Å². The zero-order chi connectivity index (χ0) is 15.1. The van der Waals surface area contributed by atoms with Crippen LogP contribution in [-0.2, 0) is 4.79 Å². The molecule has 21 heavy (non-hydrogen) atoms. The minimum Gasteiger partial charge on any atom is -0.355 e. The van der Waals surface area contributed by atoms with Gasteiger partial charge in [0.15, 0.2) is 0 Å². The van der Waals surface area contributed by atoms with Crippen LogP contribution in [-0.4, -0.2) is 55.1 Å². The molecule has 0 unspecified atom stereocenters. The fourth-order valence-corrected chi connectivity index (χ4v) is 2.59. The summed E-state index contributed by atoms with van der Waals surface area (Å²) in [5, 5.41) is 2.97. The monoisotopic (exact) mass is 354 g/mol. The van der Waals surface area contributed by atoms with Crippen molar-refractivity contribution in [3.63, 3.8) is 0 Å². The van der Waals surface area contributed by atoms with Crippen LogP contribution in [0.5, 0.6) is 0 Å². The fourth-order valence-electron chi connectivity index (χ4n) is 2.35. The SMILES string of the molecule is CCCCNC(=O)CN1CCN(c2ccc(Br)cn2)CC1. The highest BCUT2D eigenvalue weighted by Gasteiger charge is 2.19. The number of hydrogen-bond donors (Lipinski definition) is 1. The molecule has 1 fully saturated rings. The second-order valence-electron chi connectivity index (χ2n) is 5.30. The van der Waals surface area contributed by atoms with Crippen molar-refractivity contribution in [1.82, 2.24) is 15.2 Å².